The summed E-state index contributed by atoms with van der Waals surface area (Å²) in [4.78, 5) is 126. The van der Waals surface area contributed by atoms with Crippen LogP contribution in [0.1, 0.15) is 53.9 Å². The van der Waals surface area contributed by atoms with Gasteiger partial charge < -0.3 is 29.2 Å². The molecule has 52 heavy (non-hydrogen) atoms. The molecule has 290 valence electrons. The Kier molecular flexibility index (Phi) is 15.9. The minimum atomic E-state index is -1.87. The van der Waals surface area contributed by atoms with Crippen molar-refractivity contribution in [3.63, 3.8) is 0 Å². The van der Waals surface area contributed by atoms with Crippen molar-refractivity contribution < 1.29 is 48.3 Å². The summed E-state index contributed by atoms with van der Waals surface area (Å²) in [7, 11) is 0. The number of ether oxygens (including phenoxy) is 4. The van der Waals surface area contributed by atoms with E-state index in [1.54, 1.807) is 6.92 Å². The van der Waals surface area contributed by atoms with E-state index in [0.29, 0.717) is 29.3 Å². The third-order valence-corrected chi connectivity index (χ3v) is 7.03. The molecule has 0 aliphatic rings. The van der Waals surface area contributed by atoms with Crippen molar-refractivity contribution >= 4 is 23.9 Å². The highest BCUT2D eigenvalue weighted by atomic mass is 16.6. The lowest BCUT2D eigenvalue weighted by atomic mass is 10.1. The Morgan fingerprint density at radius 3 is 1.31 bits per heavy atom. The van der Waals surface area contributed by atoms with Crippen molar-refractivity contribution in [2.45, 2.75) is 105 Å². The van der Waals surface area contributed by atoms with E-state index < -0.39 is 135 Å². The zero-order chi connectivity index (χ0) is 39.3. The lowest BCUT2D eigenvalue weighted by molar-refractivity contribution is -0.162. The van der Waals surface area contributed by atoms with Crippen LogP contribution in [0.5, 0.6) is 0 Å². The number of rotatable bonds is 20. The van der Waals surface area contributed by atoms with Gasteiger partial charge in [-0.15, -0.1) is 0 Å². The number of aliphatic hydroxyl groups is 2. The second-order valence-electron chi connectivity index (χ2n) is 11.9. The number of esters is 4. The molecule has 22 heteroatoms. The summed E-state index contributed by atoms with van der Waals surface area (Å²) in [6.45, 7) is 1.95. The molecule has 0 spiro atoms. The molecule has 1 atom stereocenters. The Hall–Kier alpha value is -5.38. The Balaban J connectivity index is 2.26. The van der Waals surface area contributed by atoms with Crippen LogP contribution in [0.3, 0.4) is 0 Å². The molecule has 0 fully saturated rings. The van der Waals surface area contributed by atoms with E-state index in [1.165, 1.54) is 6.92 Å². The predicted octanol–water partition coefficient (Wildman–Crippen LogP) is -4.11. The van der Waals surface area contributed by atoms with Gasteiger partial charge in [0.2, 0.25) is 0 Å². The number of hydrogen-bond acceptors (Lipinski definition) is 16. The second-order valence-corrected chi connectivity index (χ2v) is 11.9. The van der Waals surface area contributed by atoms with Gasteiger partial charge in [-0.1, -0.05) is 6.92 Å². The average Bonchev–Trinajstić information content (AvgIpc) is 3.05. The molecule has 1 unspecified atom stereocenters. The number of hydrogen-bond donors (Lipinski definition) is 2. The predicted molar refractivity (Wildman–Crippen MR) is 175 cm³/mol. The highest BCUT2D eigenvalue weighted by Gasteiger charge is 2.26. The highest BCUT2D eigenvalue weighted by molar-refractivity contribution is 5.78. The van der Waals surface area contributed by atoms with Gasteiger partial charge in [0.05, 0.1) is 38.6 Å². The molecule has 2 aromatic rings. The van der Waals surface area contributed by atoms with Crippen LogP contribution < -0.4 is 34.1 Å². The van der Waals surface area contributed by atoms with E-state index in [-0.39, 0.29) is 13.2 Å². The summed E-state index contributed by atoms with van der Waals surface area (Å²) < 4.78 is 23.4. The highest BCUT2D eigenvalue weighted by Crippen LogP contribution is 2.03. The van der Waals surface area contributed by atoms with Gasteiger partial charge in [-0.05, 0) is 27.2 Å². The SMILES string of the molecule is CCCn1c(=O)n(CCC(=O)OCCn2c(=O)n(CCOC(C)=O)c(=O)n(CCOC(=O)C(C)(C)O)c2=O)c(=O)n(CCC(=O)OCC(C)O)c1=O. The summed E-state index contributed by atoms with van der Waals surface area (Å²) in [5, 5.41) is 19.0. The minimum absolute atomic E-state index is 0.0774. The van der Waals surface area contributed by atoms with Crippen molar-refractivity contribution in [2.75, 3.05) is 26.4 Å². The molecular formula is C30H44N6O16. The monoisotopic (exact) mass is 744 g/mol. The molecule has 0 radical (unpaired) electrons. The van der Waals surface area contributed by atoms with Crippen LogP contribution in [-0.4, -0.2) is 99.6 Å². The Labute approximate surface area is 293 Å². The molecule has 0 saturated heterocycles. The number of carbonyl (C=O) groups excluding carboxylic acids is 4. The van der Waals surface area contributed by atoms with E-state index in [2.05, 4.69) is 0 Å². The van der Waals surface area contributed by atoms with Gasteiger partial charge in [-0.3, -0.25) is 14.4 Å². The van der Waals surface area contributed by atoms with Crippen molar-refractivity contribution in [2.24, 2.45) is 0 Å². The van der Waals surface area contributed by atoms with E-state index in [4.69, 9.17) is 18.9 Å². The van der Waals surface area contributed by atoms with Crippen molar-refractivity contribution in [3.05, 3.63) is 62.9 Å². The maximum atomic E-state index is 13.1. The molecule has 0 amide bonds. The number of carbonyl (C=O) groups is 4. The van der Waals surface area contributed by atoms with Crippen LogP contribution in [0.25, 0.3) is 0 Å². The van der Waals surface area contributed by atoms with Crippen LogP contribution in [0.2, 0.25) is 0 Å². The Morgan fingerprint density at radius 2 is 0.942 bits per heavy atom. The molecule has 0 saturated carbocycles. The summed E-state index contributed by atoms with van der Waals surface area (Å²) in [5.41, 5.74) is -8.36. The first-order valence-electron chi connectivity index (χ1n) is 16.2. The fourth-order valence-electron chi connectivity index (χ4n) is 4.44. The van der Waals surface area contributed by atoms with Crippen molar-refractivity contribution in [1.29, 1.82) is 0 Å². The van der Waals surface area contributed by atoms with Gasteiger partial charge in [0.25, 0.3) is 0 Å². The molecule has 0 aliphatic heterocycles. The van der Waals surface area contributed by atoms with Gasteiger partial charge in [-0.2, -0.15) is 0 Å². The van der Waals surface area contributed by atoms with E-state index in [1.807, 2.05) is 0 Å². The van der Waals surface area contributed by atoms with E-state index >= 15 is 0 Å². The Morgan fingerprint density at radius 1 is 0.596 bits per heavy atom. The van der Waals surface area contributed by atoms with Crippen LogP contribution in [0.15, 0.2) is 28.8 Å². The van der Waals surface area contributed by atoms with Crippen molar-refractivity contribution in [3.8, 4) is 0 Å². The average molecular weight is 745 g/mol. The number of aromatic nitrogens is 6. The third-order valence-electron chi connectivity index (χ3n) is 7.03. The largest absolute Gasteiger partial charge is 0.464 e. The molecular weight excluding hydrogens is 700 g/mol. The number of nitrogens with zero attached hydrogens (tertiary/aromatic N) is 6. The third kappa shape index (κ3) is 11.9. The van der Waals surface area contributed by atoms with Crippen LogP contribution in [0, 0.1) is 0 Å². The first-order chi connectivity index (χ1) is 24.3. The maximum Gasteiger partial charge on any atom is 0.337 e. The van der Waals surface area contributed by atoms with Crippen LogP contribution >= 0.6 is 0 Å². The van der Waals surface area contributed by atoms with Crippen molar-refractivity contribution in [1.82, 2.24) is 27.4 Å². The van der Waals surface area contributed by atoms with Gasteiger partial charge in [-0.25, -0.2) is 61.0 Å². The maximum absolute atomic E-state index is 13.1. The lowest BCUT2D eigenvalue weighted by Gasteiger charge is -2.17. The zero-order valence-electron chi connectivity index (χ0n) is 29.6. The van der Waals surface area contributed by atoms with Gasteiger partial charge >= 0.3 is 58.0 Å². The standard InChI is InChI=1S/C30H44N6O16/c1-6-9-31-24(42)32(26(44)33(25(31)43)11-8-22(40)52-18-19(2)37)10-7-21(39)50-16-13-35-27(45)34(12-15-49-20(3)38)28(46)36(29(35)47)14-17-51-23(41)30(4,5)48/h19,37,48H,6-18H2,1-5H3. The molecule has 2 heterocycles. The molecule has 22 nitrogen and oxygen atoms in total. The minimum Gasteiger partial charge on any atom is -0.464 e. The Bertz CT molecular complexity index is 1970. The summed E-state index contributed by atoms with van der Waals surface area (Å²) in [5.74, 6) is -3.54. The zero-order valence-corrected chi connectivity index (χ0v) is 29.6. The smallest absolute Gasteiger partial charge is 0.337 e. The van der Waals surface area contributed by atoms with Crippen LogP contribution in [-0.2, 0) is 77.4 Å². The molecule has 2 aromatic heterocycles. The van der Waals surface area contributed by atoms with Gasteiger partial charge in [0.1, 0.15) is 26.4 Å². The van der Waals surface area contributed by atoms with Crippen LogP contribution in [0.4, 0.5) is 0 Å². The summed E-state index contributed by atoms with van der Waals surface area (Å²) in [6.07, 6.45) is -1.62. The molecule has 2 rings (SSSR count). The second kappa shape index (κ2) is 19.3. The first kappa shape index (κ1) is 42.8. The molecule has 0 bridgehead atoms. The quantitative estimate of drug-likeness (QED) is 0.0962. The number of aliphatic hydroxyl groups excluding tert-OH is 1. The molecule has 0 aliphatic carbocycles. The van der Waals surface area contributed by atoms with Gasteiger partial charge in [0, 0.05) is 26.6 Å². The fourth-order valence-corrected chi connectivity index (χ4v) is 4.44. The van der Waals surface area contributed by atoms with E-state index in [9.17, 15) is 58.2 Å². The fraction of sp³-hybridized carbons (Fsp3) is 0.667. The molecule has 2 N–H and O–H groups in total. The summed E-state index contributed by atoms with van der Waals surface area (Å²) >= 11 is 0. The topological polar surface area (TPSA) is 278 Å². The molecule has 0 aromatic carbocycles. The van der Waals surface area contributed by atoms with Gasteiger partial charge in [0.15, 0.2) is 5.60 Å². The summed E-state index contributed by atoms with van der Waals surface area (Å²) in [6, 6.07) is 0. The van der Waals surface area contributed by atoms with E-state index in [0.717, 1.165) is 25.3 Å². The lowest BCUT2D eigenvalue weighted by Crippen LogP contribution is -2.55. The first-order valence-corrected chi connectivity index (χ1v) is 16.2. The normalized spacial score (nSPS) is 11.9.